The Labute approximate surface area is 208 Å². The van der Waals surface area contributed by atoms with Crippen molar-refractivity contribution in [1.29, 1.82) is 0 Å². The van der Waals surface area contributed by atoms with Crippen molar-refractivity contribution in [2.75, 3.05) is 0 Å². The van der Waals surface area contributed by atoms with E-state index in [2.05, 4.69) is 109 Å². The Morgan fingerprint density at radius 3 is 2.24 bits per heavy atom. The molecule has 1 heterocycles. The van der Waals surface area contributed by atoms with Crippen LogP contribution in [-0.2, 0) is 5.41 Å². The van der Waals surface area contributed by atoms with Gasteiger partial charge in [-0.25, -0.2) is 0 Å². The normalized spacial score (nSPS) is 21.2. The first-order valence-electron chi connectivity index (χ1n) is 12.3. The van der Waals surface area contributed by atoms with E-state index in [1.54, 1.807) is 16.7 Å². The van der Waals surface area contributed by atoms with E-state index in [0.29, 0.717) is 11.5 Å². The lowest BCUT2D eigenvalue weighted by atomic mass is 9.86. The number of fused-ring (bicyclic) bond motifs is 2. The van der Waals surface area contributed by atoms with E-state index in [1.807, 2.05) is 11.8 Å². The highest BCUT2D eigenvalue weighted by atomic mass is 32.2. The van der Waals surface area contributed by atoms with E-state index in [1.165, 1.54) is 54.3 Å². The SMILES string of the molecule is CC1=CC=C2SC(C)=C(C)C12.CCC1=Cc2c(-c3ccc(C(C)(C)C)cc3)cccc2C1[SiH3]. The Morgan fingerprint density at radius 1 is 0.939 bits per heavy atom. The molecule has 0 amide bonds. The van der Waals surface area contributed by atoms with Gasteiger partial charge in [0, 0.05) is 21.1 Å². The topological polar surface area (TPSA) is 0 Å². The van der Waals surface area contributed by atoms with E-state index in [0.717, 1.165) is 0 Å². The molecule has 0 bridgehead atoms. The zero-order valence-corrected chi connectivity index (χ0v) is 24.4. The van der Waals surface area contributed by atoms with Gasteiger partial charge < -0.3 is 0 Å². The van der Waals surface area contributed by atoms with E-state index in [-0.39, 0.29) is 5.41 Å². The molecule has 0 aromatic heterocycles. The number of hydrogen-bond donors (Lipinski definition) is 0. The standard InChI is InChI=1S/C21H26Si.C10H12S/c1-5-14-13-19-17(7-6-8-18(19)20(14)22)15-9-11-16(12-10-15)21(2,3)4;1-6-4-5-9-10(6)7(2)8(3)11-9/h6-13,20H,5H2,1-4,22H3;4-5,10H,1-3H3. The zero-order valence-electron chi connectivity index (χ0n) is 21.5. The van der Waals surface area contributed by atoms with Crippen LogP contribution in [0.5, 0.6) is 0 Å². The Morgan fingerprint density at radius 2 is 1.64 bits per heavy atom. The molecule has 2 aromatic carbocycles. The fourth-order valence-corrected chi connectivity index (χ4v) is 7.51. The van der Waals surface area contributed by atoms with Gasteiger partial charge in [-0.05, 0) is 70.9 Å². The second kappa shape index (κ2) is 9.31. The van der Waals surface area contributed by atoms with Crippen molar-refractivity contribution in [2.24, 2.45) is 5.92 Å². The molecule has 5 rings (SSSR count). The fraction of sp³-hybridized carbons (Fsp3) is 0.355. The van der Waals surface area contributed by atoms with E-state index >= 15 is 0 Å². The molecule has 0 fully saturated rings. The minimum absolute atomic E-state index is 0.215. The van der Waals surface area contributed by atoms with Crippen molar-refractivity contribution in [3.8, 4) is 11.1 Å². The van der Waals surface area contributed by atoms with Crippen LogP contribution in [0.25, 0.3) is 17.2 Å². The summed E-state index contributed by atoms with van der Waals surface area (Å²) in [6.07, 6.45) is 8.11. The van der Waals surface area contributed by atoms with E-state index in [9.17, 15) is 0 Å². The summed E-state index contributed by atoms with van der Waals surface area (Å²) in [6, 6.07) is 16.0. The maximum Gasteiger partial charge on any atom is 0.0329 e. The van der Waals surface area contributed by atoms with Crippen LogP contribution in [0.15, 0.2) is 81.1 Å². The van der Waals surface area contributed by atoms with E-state index < -0.39 is 0 Å². The van der Waals surface area contributed by atoms with Crippen LogP contribution < -0.4 is 0 Å². The lowest BCUT2D eigenvalue weighted by Crippen LogP contribution is -2.10. The van der Waals surface area contributed by atoms with Crippen molar-refractivity contribution in [1.82, 2.24) is 0 Å². The molecule has 2 aliphatic carbocycles. The largest absolute Gasteiger partial charge is 0.0983 e. The van der Waals surface area contributed by atoms with Crippen LogP contribution in [0.3, 0.4) is 0 Å². The minimum atomic E-state index is 0.215. The zero-order chi connectivity index (χ0) is 23.9. The lowest BCUT2D eigenvalue weighted by molar-refractivity contribution is 0.590. The Bertz CT molecular complexity index is 1180. The van der Waals surface area contributed by atoms with Gasteiger partial charge in [0.1, 0.15) is 0 Å². The molecule has 2 atom stereocenters. The van der Waals surface area contributed by atoms with Gasteiger partial charge >= 0.3 is 0 Å². The molecule has 0 nitrogen and oxygen atoms in total. The van der Waals surface area contributed by atoms with Crippen molar-refractivity contribution >= 4 is 28.1 Å². The highest BCUT2D eigenvalue weighted by molar-refractivity contribution is 8.07. The monoisotopic (exact) mass is 470 g/mol. The van der Waals surface area contributed by atoms with Crippen LogP contribution in [0, 0.1) is 5.92 Å². The smallest absolute Gasteiger partial charge is 0.0329 e. The Balaban J connectivity index is 0.000000196. The highest BCUT2D eigenvalue weighted by Gasteiger charge is 2.29. The molecule has 172 valence electrons. The molecular formula is C31H38SSi. The first-order chi connectivity index (χ1) is 15.6. The summed E-state index contributed by atoms with van der Waals surface area (Å²) in [7, 11) is 1.21. The van der Waals surface area contributed by atoms with Crippen molar-refractivity contribution in [3.05, 3.63) is 97.8 Å². The second-order valence-corrected chi connectivity index (χ2v) is 13.1. The molecule has 2 unspecified atom stereocenters. The molecule has 0 spiro atoms. The van der Waals surface area contributed by atoms with Crippen LogP contribution in [0.4, 0.5) is 0 Å². The lowest BCUT2D eigenvalue weighted by Gasteiger charge is -2.19. The van der Waals surface area contributed by atoms with Crippen LogP contribution in [-0.4, -0.2) is 10.2 Å². The summed E-state index contributed by atoms with van der Waals surface area (Å²) >= 11 is 1.94. The summed E-state index contributed by atoms with van der Waals surface area (Å²) < 4.78 is 0. The first-order valence-corrected chi connectivity index (χ1v) is 14.3. The van der Waals surface area contributed by atoms with Gasteiger partial charge in [-0.3, -0.25) is 0 Å². The van der Waals surface area contributed by atoms with Crippen molar-refractivity contribution in [2.45, 2.75) is 65.8 Å². The number of benzene rings is 2. The predicted molar refractivity (Wildman–Crippen MR) is 153 cm³/mol. The van der Waals surface area contributed by atoms with Crippen LogP contribution in [0.2, 0.25) is 0 Å². The maximum absolute atomic E-state index is 2.44. The number of allylic oxidation sites excluding steroid dienone is 7. The summed E-state index contributed by atoms with van der Waals surface area (Å²) in [5.74, 6) is 0.653. The molecule has 1 aliphatic heterocycles. The number of rotatable bonds is 2. The summed E-state index contributed by atoms with van der Waals surface area (Å²) in [6.45, 7) is 15.8. The number of thioether (sulfide) groups is 1. The van der Waals surface area contributed by atoms with Crippen molar-refractivity contribution < 1.29 is 0 Å². The van der Waals surface area contributed by atoms with Crippen LogP contribution >= 0.6 is 11.8 Å². The fourth-order valence-electron chi connectivity index (χ4n) is 5.18. The Hall–Kier alpha value is -2.03. The van der Waals surface area contributed by atoms with Gasteiger partial charge in [-0.1, -0.05) is 117 Å². The molecule has 0 saturated carbocycles. The molecule has 0 radical (unpaired) electrons. The first kappa shape index (κ1) is 24.1. The van der Waals surface area contributed by atoms with Crippen LogP contribution in [0.1, 0.15) is 77.1 Å². The summed E-state index contributed by atoms with van der Waals surface area (Å²) in [5.41, 5.74) is 12.7. The average molecular weight is 471 g/mol. The predicted octanol–water partition coefficient (Wildman–Crippen LogP) is 8.35. The van der Waals surface area contributed by atoms with Gasteiger partial charge in [0.15, 0.2) is 0 Å². The molecule has 33 heavy (non-hydrogen) atoms. The molecule has 3 aliphatic rings. The third kappa shape index (κ3) is 4.65. The highest BCUT2D eigenvalue weighted by Crippen LogP contribution is 2.50. The average Bonchev–Trinajstić information content (AvgIpc) is 3.41. The van der Waals surface area contributed by atoms with Gasteiger partial charge in [-0.15, -0.1) is 0 Å². The molecule has 2 heteroatoms. The van der Waals surface area contributed by atoms with Crippen molar-refractivity contribution in [3.63, 3.8) is 0 Å². The summed E-state index contributed by atoms with van der Waals surface area (Å²) in [4.78, 5) is 3.02. The Kier molecular flexibility index (Phi) is 6.80. The second-order valence-electron chi connectivity index (χ2n) is 10.7. The minimum Gasteiger partial charge on any atom is -0.0983 e. The molecular weight excluding hydrogens is 432 g/mol. The number of hydrogen-bond acceptors (Lipinski definition) is 1. The van der Waals surface area contributed by atoms with Gasteiger partial charge in [-0.2, -0.15) is 0 Å². The molecule has 0 saturated heterocycles. The third-order valence-electron chi connectivity index (χ3n) is 7.47. The van der Waals surface area contributed by atoms with Gasteiger partial charge in [0.05, 0.1) is 0 Å². The quantitative estimate of drug-likeness (QED) is 0.397. The van der Waals surface area contributed by atoms with Gasteiger partial charge in [0.2, 0.25) is 0 Å². The third-order valence-corrected chi connectivity index (χ3v) is 10.1. The maximum atomic E-state index is 2.44. The van der Waals surface area contributed by atoms with Gasteiger partial charge in [0.25, 0.3) is 0 Å². The molecule has 0 N–H and O–H groups in total. The molecule has 2 aromatic rings. The van der Waals surface area contributed by atoms with E-state index in [4.69, 9.17) is 0 Å². The summed E-state index contributed by atoms with van der Waals surface area (Å²) in [5, 5.41) is 0.